The number of rotatable bonds is 3. The van der Waals surface area contributed by atoms with Gasteiger partial charge in [0.15, 0.2) is 0 Å². The van der Waals surface area contributed by atoms with E-state index in [0.29, 0.717) is 0 Å². The fraction of sp³-hybridized carbons (Fsp3) is 0.800. The zero-order chi connectivity index (χ0) is 7.94. The second-order valence-corrected chi connectivity index (χ2v) is 3.32. The summed E-state index contributed by atoms with van der Waals surface area (Å²) in [5.74, 6) is 0. The molecule has 0 radical (unpaired) electrons. The first kappa shape index (κ1) is 8.63. The van der Waals surface area contributed by atoms with Crippen LogP contribution in [0.25, 0.3) is 0 Å². The summed E-state index contributed by atoms with van der Waals surface area (Å²) >= 11 is 0. The summed E-state index contributed by atoms with van der Waals surface area (Å²) in [7, 11) is 0. The van der Waals surface area contributed by atoms with Crippen LogP contribution in [0.1, 0.15) is 45.4 Å². The average molecular weight is 153 g/mol. The lowest BCUT2D eigenvalue weighted by atomic mass is 10.1. The molecule has 1 aliphatic heterocycles. The Hall–Kier alpha value is -0.460. The molecule has 0 saturated heterocycles. The highest BCUT2D eigenvalue weighted by molar-refractivity contribution is 5.02. The molecule has 1 heterocycles. The third-order valence-electron chi connectivity index (χ3n) is 2.23. The normalized spacial score (nSPS) is 18.5. The molecular weight excluding hydrogens is 134 g/mol. The molecule has 0 aliphatic carbocycles. The molecule has 1 nitrogen and oxygen atoms in total. The van der Waals surface area contributed by atoms with Gasteiger partial charge in [0, 0.05) is 6.54 Å². The molecule has 1 N–H and O–H groups in total. The van der Waals surface area contributed by atoms with Crippen LogP contribution in [-0.2, 0) is 0 Å². The lowest BCUT2D eigenvalue weighted by Crippen LogP contribution is -2.04. The lowest BCUT2D eigenvalue weighted by molar-refractivity contribution is 0.703. The number of hydrogen-bond donors (Lipinski definition) is 1. The molecule has 0 spiro atoms. The Bertz CT molecular complexity index is 127. The number of nitrogens with one attached hydrogen (secondary N) is 1. The summed E-state index contributed by atoms with van der Waals surface area (Å²) in [6.07, 6.45) is 10.3. The predicted molar refractivity (Wildman–Crippen MR) is 49.5 cm³/mol. The summed E-state index contributed by atoms with van der Waals surface area (Å²) in [6, 6.07) is 0. The van der Waals surface area contributed by atoms with Gasteiger partial charge >= 0.3 is 0 Å². The van der Waals surface area contributed by atoms with Crippen molar-refractivity contribution >= 4 is 0 Å². The summed E-state index contributed by atoms with van der Waals surface area (Å²) in [5, 5.41) is 3.34. The minimum atomic E-state index is 1.18. The number of unbranched alkanes of at least 4 members (excludes halogenated alkanes) is 1. The number of allylic oxidation sites excluding steroid dienone is 1. The Morgan fingerprint density at radius 1 is 1.45 bits per heavy atom. The van der Waals surface area contributed by atoms with Gasteiger partial charge in [0.2, 0.25) is 0 Å². The van der Waals surface area contributed by atoms with E-state index >= 15 is 0 Å². The van der Waals surface area contributed by atoms with E-state index in [-0.39, 0.29) is 0 Å². The third kappa shape index (κ3) is 3.45. The number of hydrogen-bond acceptors (Lipinski definition) is 1. The van der Waals surface area contributed by atoms with E-state index in [1.54, 1.807) is 5.57 Å². The molecule has 1 aliphatic rings. The van der Waals surface area contributed by atoms with Crippen LogP contribution < -0.4 is 5.32 Å². The molecule has 64 valence electrons. The molecule has 11 heavy (non-hydrogen) atoms. The van der Waals surface area contributed by atoms with E-state index < -0.39 is 0 Å². The molecule has 0 atom stereocenters. The van der Waals surface area contributed by atoms with Gasteiger partial charge in [-0.05, 0) is 38.3 Å². The van der Waals surface area contributed by atoms with E-state index in [4.69, 9.17) is 0 Å². The second-order valence-electron chi connectivity index (χ2n) is 3.32. The molecule has 0 bridgehead atoms. The van der Waals surface area contributed by atoms with Crippen molar-refractivity contribution in [1.82, 2.24) is 5.32 Å². The molecule has 0 fully saturated rings. The highest BCUT2D eigenvalue weighted by Gasteiger charge is 2.00. The van der Waals surface area contributed by atoms with Gasteiger partial charge in [0.1, 0.15) is 0 Å². The van der Waals surface area contributed by atoms with E-state index in [9.17, 15) is 0 Å². The van der Waals surface area contributed by atoms with E-state index in [1.807, 2.05) is 0 Å². The highest BCUT2D eigenvalue weighted by atomic mass is 14.8. The molecule has 0 aromatic carbocycles. The minimum Gasteiger partial charge on any atom is -0.391 e. The Morgan fingerprint density at radius 2 is 2.36 bits per heavy atom. The molecular formula is C10H19N. The van der Waals surface area contributed by atoms with E-state index in [2.05, 4.69) is 18.4 Å². The van der Waals surface area contributed by atoms with Crippen LogP contribution in [-0.4, -0.2) is 6.54 Å². The monoisotopic (exact) mass is 153 g/mol. The maximum atomic E-state index is 3.34. The molecule has 0 saturated carbocycles. The van der Waals surface area contributed by atoms with Crippen molar-refractivity contribution in [1.29, 1.82) is 0 Å². The first-order chi connectivity index (χ1) is 5.43. The largest absolute Gasteiger partial charge is 0.391 e. The van der Waals surface area contributed by atoms with Gasteiger partial charge in [-0.1, -0.05) is 18.9 Å². The van der Waals surface area contributed by atoms with Gasteiger partial charge in [0.25, 0.3) is 0 Å². The second kappa shape index (κ2) is 5.22. The van der Waals surface area contributed by atoms with Crippen LogP contribution in [0.4, 0.5) is 0 Å². The Balaban J connectivity index is 2.23. The molecule has 0 amide bonds. The molecule has 1 heteroatoms. The van der Waals surface area contributed by atoms with Crippen molar-refractivity contribution in [2.45, 2.75) is 45.4 Å². The van der Waals surface area contributed by atoms with Crippen LogP contribution >= 0.6 is 0 Å². The maximum absolute atomic E-state index is 3.34. The topological polar surface area (TPSA) is 12.0 Å². The van der Waals surface area contributed by atoms with Gasteiger partial charge in [-0.25, -0.2) is 0 Å². The van der Waals surface area contributed by atoms with Crippen LogP contribution in [0.15, 0.2) is 11.8 Å². The Labute approximate surface area is 69.9 Å². The van der Waals surface area contributed by atoms with Gasteiger partial charge in [-0.2, -0.15) is 0 Å². The Kier molecular flexibility index (Phi) is 4.10. The Morgan fingerprint density at radius 3 is 3.18 bits per heavy atom. The van der Waals surface area contributed by atoms with Crippen LogP contribution in [0.3, 0.4) is 0 Å². The third-order valence-corrected chi connectivity index (χ3v) is 2.23. The van der Waals surface area contributed by atoms with Crippen molar-refractivity contribution in [2.24, 2.45) is 0 Å². The zero-order valence-electron chi connectivity index (χ0n) is 7.53. The van der Waals surface area contributed by atoms with Crippen molar-refractivity contribution < 1.29 is 0 Å². The smallest absolute Gasteiger partial charge is 0.0141 e. The molecule has 0 aromatic rings. The first-order valence-electron chi connectivity index (χ1n) is 4.85. The average Bonchev–Trinajstić information content (AvgIpc) is 2.28. The lowest BCUT2D eigenvalue weighted by Gasteiger charge is -2.02. The van der Waals surface area contributed by atoms with Crippen LogP contribution in [0, 0.1) is 0 Å². The molecule has 0 aromatic heterocycles. The standard InChI is InChI=1S/C10H19N/c1-2-3-6-10-7-4-5-8-11-9-10/h9,11H,2-8H2,1H3. The summed E-state index contributed by atoms with van der Waals surface area (Å²) < 4.78 is 0. The quantitative estimate of drug-likeness (QED) is 0.657. The van der Waals surface area contributed by atoms with Crippen molar-refractivity contribution in [2.75, 3.05) is 6.54 Å². The maximum Gasteiger partial charge on any atom is 0.0141 e. The van der Waals surface area contributed by atoms with E-state index in [1.165, 1.54) is 45.1 Å². The van der Waals surface area contributed by atoms with Crippen LogP contribution in [0.5, 0.6) is 0 Å². The summed E-state index contributed by atoms with van der Waals surface area (Å²) in [5.41, 5.74) is 1.63. The molecule has 0 unspecified atom stereocenters. The fourth-order valence-corrected chi connectivity index (χ4v) is 1.47. The van der Waals surface area contributed by atoms with Crippen LogP contribution in [0.2, 0.25) is 0 Å². The van der Waals surface area contributed by atoms with Gasteiger partial charge in [-0.3, -0.25) is 0 Å². The first-order valence-corrected chi connectivity index (χ1v) is 4.85. The minimum absolute atomic E-state index is 1.18. The zero-order valence-corrected chi connectivity index (χ0v) is 7.53. The van der Waals surface area contributed by atoms with Gasteiger partial charge in [0.05, 0.1) is 0 Å². The highest BCUT2D eigenvalue weighted by Crippen LogP contribution is 2.15. The van der Waals surface area contributed by atoms with Gasteiger partial charge < -0.3 is 5.32 Å². The van der Waals surface area contributed by atoms with Crippen molar-refractivity contribution in [3.8, 4) is 0 Å². The van der Waals surface area contributed by atoms with Crippen molar-refractivity contribution in [3.63, 3.8) is 0 Å². The van der Waals surface area contributed by atoms with Gasteiger partial charge in [-0.15, -0.1) is 0 Å². The SMILES string of the molecule is CCCCC1=CNCCCC1. The van der Waals surface area contributed by atoms with E-state index in [0.717, 1.165) is 0 Å². The fourth-order valence-electron chi connectivity index (χ4n) is 1.47. The summed E-state index contributed by atoms with van der Waals surface area (Å²) in [4.78, 5) is 0. The predicted octanol–water partition coefficient (Wildman–Crippen LogP) is 2.83. The molecule has 1 rings (SSSR count). The summed E-state index contributed by atoms with van der Waals surface area (Å²) in [6.45, 7) is 3.43. The van der Waals surface area contributed by atoms with Crippen molar-refractivity contribution in [3.05, 3.63) is 11.8 Å².